The number of para-hydroxylation sites is 1. The number of hydrogen-bond acceptors (Lipinski definition) is 3. The zero-order valence-electron chi connectivity index (χ0n) is 18.1. The Bertz CT molecular complexity index is 1320. The molecule has 6 heteroatoms. The summed E-state index contributed by atoms with van der Waals surface area (Å²) in [7, 11) is 0. The van der Waals surface area contributed by atoms with E-state index in [1.165, 1.54) is 0 Å². The summed E-state index contributed by atoms with van der Waals surface area (Å²) in [4.78, 5) is 37.9. The van der Waals surface area contributed by atoms with E-state index in [1.54, 1.807) is 6.33 Å². The molecule has 4 aromatic rings. The van der Waals surface area contributed by atoms with Gasteiger partial charge in [-0.05, 0) is 48.7 Å². The summed E-state index contributed by atoms with van der Waals surface area (Å²) < 4.78 is 0. The third kappa shape index (κ3) is 3.05. The van der Waals surface area contributed by atoms with Crippen LogP contribution in [0.1, 0.15) is 34.8 Å². The molecule has 2 amide bonds. The van der Waals surface area contributed by atoms with Crippen LogP contribution in [0.25, 0.3) is 11.0 Å². The van der Waals surface area contributed by atoms with Crippen molar-refractivity contribution in [3.63, 3.8) is 0 Å². The molecule has 164 valence electrons. The molecule has 6 rings (SSSR count). The van der Waals surface area contributed by atoms with Gasteiger partial charge in [0.2, 0.25) is 5.91 Å². The quantitative estimate of drug-likeness (QED) is 0.478. The molecule has 1 N–H and O–H groups in total. The SMILES string of the molecule is O=C(c1ccc2nc[nH]c2c1)N1CCC2(CC1)C(=O)N(c1ccccc1)C2c1ccccc1. The Hall–Kier alpha value is -3.93. The third-order valence-corrected chi connectivity index (χ3v) is 7.19. The molecule has 0 saturated carbocycles. The molecule has 2 aliphatic heterocycles. The number of aromatic amines is 1. The molecule has 2 aliphatic rings. The van der Waals surface area contributed by atoms with Crippen LogP contribution in [0.15, 0.2) is 85.2 Å². The molecule has 6 nitrogen and oxygen atoms in total. The van der Waals surface area contributed by atoms with E-state index in [0.717, 1.165) is 22.3 Å². The summed E-state index contributed by atoms with van der Waals surface area (Å²) in [6.07, 6.45) is 2.95. The number of nitrogens with one attached hydrogen (secondary N) is 1. The highest BCUT2D eigenvalue weighted by Crippen LogP contribution is 2.57. The Kier molecular flexibility index (Phi) is 4.54. The first-order chi connectivity index (χ1) is 16.2. The van der Waals surface area contributed by atoms with E-state index in [0.29, 0.717) is 31.5 Å². The highest BCUT2D eigenvalue weighted by atomic mass is 16.2. The third-order valence-electron chi connectivity index (χ3n) is 7.19. The number of nitrogens with zero attached hydrogens (tertiary/aromatic N) is 3. The summed E-state index contributed by atoms with van der Waals surface area (Å²) in [5, 5.41) is 0. The molecule has 1 aromatic heterocycles. The van der Waals surface area contributed by atoms with Crippen LogP contribution >= 0.6 is 0 Å². The number of carbonyl (C=O) groups excluding carboxylic acids is 2. The van der Waals surface area contributed by atoms with E-state index in [4.69, 9.17) is 0 Å². The molecule has 1 unspecified atom stereocenters. The monoisotopic (exact) mass is 436 g/mol. The van der Waals surface area contributed by atoms with Crippen molar-refractivity contribution in [1.29, 1.82) is 0 Å². The van der Waals surface area contributed by atoms with Gasteiger partial charge < -0.3 is 14.8 Å². The molecule has 2 saturated heterocycles. The Morgan fingerprint density at radius 1 is 0.939 bits per heavy atom. The summed E-state index contributed by atoms with van der Waals surface area (Å²) in [6.45, 7) is 1.13. The summed E-state index contributed by atoms with van der Waals surface area (Å²) in [5.41, 5.74) is 3.94. The number of H-pyrrole nitrogens is 1. The lowest BCUT2D eigenvalue weighted by Gasteiger charge is -2.59. The lowest BCUT2D eigenvalue weighted by molar-refractivity contribution is -0.144. The number of likely N-dealkylation sites (tertiary alicyclic amines) is 1. The standard InChI is InChI=1S/C27H24N4O2/c32-25(20-11-12-22-23(17-20)29-18-28-22)30-15-13-27(14-16-30)24(19-7-3-1-4-8-19)31(26(27)33)21-9-5-2-6-10-21/h1-12,17-18,24H,13-16H2,(H,28,29). The van der Waals surface area contributed by atoms with E-state index >= 15 is 0 Å². The van der Waals surface area contributed by atoms with E-state index in [9.17, 15) is 9.59 Å². The normalized spacial score (nSPS) is 19.6. The van der Waals surface area contributed by atoms with Crippen LogP contribution in [0.2, 0.25) is 0 Å². The maximum absolute atomic E-state index is 13.6. The number of anilines is 1. The molecule has 0 bridgehead atoms. The minimum absolute atomic E-state index is 0.00398. The van der Waals surface area contributed by atoms with Crippen LogP contribution in [0.5, 0.6) is 0 Å². The van der Waals surface area contributed by atoms with Crippen molar-refractivity contribution in [2.24, 2.45) is 5.41 Å². The fourth-order valence-electron chi connectivity index (χ4n) is 5.46. The van der Waals surface area contributed by atoms with Gasteiger partial charge in [0.05, 0.1) is 28.8 Å². The zero-order valence-corrected chi connectivity index (χ0v) is 18.1. The number of rotatable bonds is 3. The molecule has 1 spiro atoms. The van der Waals surface area contributed by atoms with Crippen LogP contribution in [0.3, 0.4) is 0 Å². The van der Waals surface area contributed by atoms with E-state index in [1.807, 2.05) is 76.5 Å². The van der Waals surface area contributed by atoms with Gasteiger partial charge in [-0.15, -0.1) is 0 Å². The van der Waals surface area contributed by atoms with Gasteiger partial charge in [-0.3, -0.25) is 9.59 Å². The number of piperidine rings is 1. The average Bonchev–Trinajstić information content (AvgIpc) is 3.35. The van der Waals surface area contributed by atoms with Crippen molar-refractivity contribution in [1.82, 2.24) is 14.9 Å². The van der Waals surface area contributed by atoms with Gasteiger partial charge in [0.1, 0.15) is 0 Å². The van der Waals surface area contributed by atoms with Gasteiger partial charge in [0.15, 0.2) is 0 Å². The Morgan fingerprint density at radius 3 is 2.36 bits per heavy atom. The summed E-state index contributed by atoms with van der Waals surface area (Å²) in [5.74, 6) is 0.165. The van der Waals surface area contributed by atoms with Gasteiger partial charge in [0.25, 0.3) is 5.91 Å². The van der Waals surface area contributed by atoms with Crippen molar-refractivity contribution in [3.05, 3.63) is 96.3 Å². The average molecular weight is 437 g/mol. The number of imidazole rings is 1. The number of hydrogen-bond donors (Lipinski definition) is 1. The second-order valence-corrected chi connectivity index (χ2v) is 8.91. The van der Waals surface area contributed by atoms with Crippen LogP contribution in [-0.4, -0.2) is 39.8 Å². The largest absolute Gasteiger partial charge is 0.345 e. The van der Waals surface area contributed by atoms with Crippen molar-refractivity contribution >= 4 is 28.5 Å². The van der Waals surface area contributed by atoms with Crippen LogP contribution in [0.4, 0.5) is 5.69 Å². The fourth-order valence-corrected chi connectivity index (χ4v) is 5.46. The van der Waals surface area contributed by atoms with Crippen molar-refractivity contribution < 1.29 is 9.59 Å². The number of fused-ring (bicyclic) bond motifs is 1. The maximum Gasteiger partial charge on any atom is 0.253 e. The van der Waals surface area contributed by atoms with Gasteiger partial charge >= 0.3 is 0 Å². The van der Waals surface area contributed by atoms with Crippen LogP contribution < -0.4 is 4.90 Å². The summed E-state index contributed by atoms with van der Waals surface area (Å²) >= 11 is 0. The lowest BCUT2D eigenvalue weighted by Crippen LogP contribution is -2.67. The topological polar surface area (TPSA) is 69.3 Å². The number of carbonyl (C=O) groups is 2. The van der Waals surface area contributed by atoms with Crippen molar-refractivity contribution in [3.8, 4) is 0 Å². The molecule has 3 heterocycles. The van der Waals surface area contributed by atoms with E-state index in [2.05, 4.69) is 22.1 Å². The zero-order chi connectivity index (χ0) is 22.4. The second kappa shape index (κ2) is 7.59. The highest BCUT2D eigenvalue weighted by Gasteiger charge is 2.62. The number of β-lactam (4-membered cyclic amide) rings is 1. The number of benzene rings is 3. The first kappa shape index (κ1) is 19.7. The lowest BCUT2D eigenvalue weighted by atomic mass is 9.62. The van der Waals surface area contributed by atoms with Gasteiger partial charge in [-0.25, -0.2) is 4.98 Å². The molecule has 3 aromatic carbocycles. The van der Waals surface area contributed by atoms with Crippen molar-refractivity contribution in [2.75, 3.05) is 18.0 Å². The molecule has 1 atom stereocenters. The van der Waals surface area contributed by atoms with E-state index < -0.39 is 5.41 Å². The minimum atomic E-state index is -0.471. The molecule has 0 radical (unpaired) electrons. The van der Waals surface area contributed by atoms with Gasteiger partial charge in [-0.1, -0.05) is 48.5 Å². The molecular weight excluding hydrogens is 412 g/mol. The van der Waals surface area contributed by atoms with Gasteiger partial charge in [0, 0.05) is 24.3 Å². The fraction of sp³-hybridized carbons (Fsp3) is 0.222. The van der Waals surface area contributed by atoms with Crippen LogP contribution in [0, 0.1) is 5.41 Å². The van der Waals surface area contributed by atoms with Crippen molar-refractivity contribution in [2.45, 2.75) is 18.9 Å². The minimum Gasteiger partial charge on any atom is -0.345 e. The molecule has 0 aliphatic carbocycles. The Balaban J connectivity index is 1.27. The van der Waals surface area contributed by atoms with E-state index in [-0.39, 0.29) is 17.9 Å². The Morgan fingerprint density at radius 2 is 1.64 bits per heavy atom. The predicted octanol–water partition coefficient (Wildman–Crippen LogP) is 4.57. The smallest absolute Gasteiger partial charge is 0.253 e. The second-order valence-electron chi connectivity index (χ2n) is 8.91. The summed E-state index contributed by atoms with van der Waals surface area (Å²) in [6, 6.07) is 25.7. The number of aromatic nitrogens is 2. The highest BCUT2D eigenvalue weighted by molar-refractivity contribution is 6.06. The number of amides is 2. The molecule has 2 fully saturated rings. The molecular formula is C27H24N4O2. The maximum atomic E-state index is 13.6. The first-order valence-electron chi connectivity index (χ1n) is 11.3. The first-order valence-corrected chi connectivity index (χ1v) is 11.3. The Labute approximate surface area is 191 Å². The van der Waals surface area contributed by atoms with Crippen LogP contribution in [-0.2, 0) is 4.79 Å². The predicted molar refractivity (Wildman–Crippen MR) is 127 cm³/mol. The molecule has 33 heavy (non-hydrogen) atoms. The van der Waals surface area contributed by atoms with Gasteiger partial charge in [-0.2, -0.15) is 0 Å².